The van der Waals surface area contributed by atoms with Gasteiger partial charge in [0.2, 0.25) is 0 Å². The zero-order valence-electron chi connectivity index (χ0n) is 10.2. The highest BCUT2D eigenvalue weighted by molar-refractivity contribution is 9.10. The van der Waals surface area contributed by atoms with E-state index in [1.807, 2.05) is 32.1 Å². The number of hydrogen-bond acceptors (Lipinski definition) is 2. The molecule has 0 spiro atoms. The van der Waals surface area contributed by atoms with Crippen LogP contribution >= 0.6 is 27.5 Å². The van der Waals surface area contributed by atoms with E-state index in [0.29, 0.717) is 18.2 Å². The molecule has 0 unspecified atom stereocenters. The molecule has 0 N–H and O–H groups in total. The molecule has 94 valence electrons. The number of methoxy groups -OCH3 is 1. The summed E-state index contributed by atoms with van der Waals surface area (Å²) in [7, 11) is 1.63. The van der Waals surface area contributed by atoms with Gasteiger partial charge in [0.1, 0.15) is 0 Å². The Morgan fingerprint density at radius 1 is 1.47 bits per heavy atom. The van der Waals surface area contributed by atoms with Crippen LogP contribution in [0.1, 0.15) is 19.4 Å². The molecule has 0 aliphatic carbocycles. The van der Waals surface area contributed by atoms with Gasteiger partial charge in [0, 0.05) is 5.88 Å². The lowest BCUT2D eigenvalue weighted by molar-refractivity contribution is 0.310. The molecule has 17 heavy (non-hydrogen) atoms. The fourth-order valence-electron chi connectivity index (χ4n) is 1.46. The molecule has 0 aliphatic rings. The van der Waals surface area contributed by atoms with Crippen molar-refractivity contribution in [3.8, 4) is 11.5 Å². The van der Waals surface area contributed by atoms with Crippen LogP contribution in [0.15, 0.2) is 22.2 Å². The lowest BCUT2D eigenvalue weighted by Gasteiger charge is -2.12. The highest BCUT2D eigenvalue weighted by atomic mass is 79.9. The molecule has 0 aliphatic heterocycles. The molecule has 0 bridgehead atoms. The van der Waals surface area contributed by atoms with Gasteiger partial charge in [-0.05, 0) is 47.5 Å². The molecule has 0 radical (unpaired) electrons. The molecule has 2 nitrogen and oxygen atoms in total. The first-order chi connectivity index (χ1) is 8.12. The van der Waals surface area contributed by atoms with E-state index in [-0.39, 0.29) is 0 Å². The number of benzene rings is 1. The van der Waals surface area contributed by atoms with Crippen molar-refractivity contribution in [2.45, 2.75) is 13.8 Å². The fraction of sp³-hybridized carbons (Fsp3) is 0.385. The second-order valence-electron chi connectivity index (χ2n) is 3.59. The summed E-state index contributed by atoms with van der Waals surface area (Å²) in [6, 6.07) is 3.93. The Morgan fingerprint density at radius 2 is 2.18 bits per heavy atom. The van der Waals surface area contributed by atoms with E-state index in [0.717, 1.165) is 21.4 Å². The molecule has 1 aromatic carbocycles. The molecular formula is C13H16BrClO2. The summed E-state index contributed by atoms with van der Waals surface area (Å²) in [5.41, 5.74) is 2.14. The fourth-order valence-corrected chi connectivity index (χ4v) is 2.15. The van der Waals surface area contributed by atoms with Gasteiger partial charge in [0.25, 0.3) is 0 Å². The molecule has 0 atom stereocenters. The Bertz CT molecular complexity index is 416. The zero-order chi connectivity index (χ0) is 12.8. The number of halogens is 2. The maximum Gasteiger partial charge on any atom is 0.174 e. The average molecular weight is 320 g/mol. The highest BCUT2D eigenvalue weighted by Crippen LogP contribution is 2.37. The summed E-state index contributed by atoms with van der Waals surface area (Å²) in [6.45, 7) is 4.54. The maximum atomic E-state index is 5.77. The van der Waals surface area contributed by atoms with Crippen molar-refractivity contribution < 1.29 is 9.47 Å². The molecule has 0 fully saturated rings. The summed E-state index contributed by atoms with van der Waals surface area (Å²) in [5, 5.41) is 0. The van der Waals surface area contributed by atoms with Crippen molar-refractivity contribution in [2.24, 2.45) is 0 Å². The third-order valence-corrected chi connectivity index (χ3v) is 3.17. The van der Waals surface area contributed by atoms with E-state index in [9.17, 15) is 0 Å². The average Bonchev–Trinajstić information content (AvgIpc) is 2.29. The van der Waals surface area contributed by atoms with Crippen molar-refractivity contribution >= 4 is 33.6 Å². The van der Waals surface area contributed by atoms with Gasteiger partial charge in [0.15, 0.2) is 11.5 Å². The quantitative estimate of drug-likeness (QED) is 0.744. The number of ether oxygens (including phenoxy) is 2. The Labute approximate surface area is 116 Å². The van der Waals surface area contributed by atoms with Gasteiger partial charge >= 0.3 is 0 Å². The van der Waals surface area contributed by atoms with Crippen molar-refractivity contribution in [3.05, 3.63) is 27.7 Å². The molecule has 0 aromatic heterocycles. The largest absolute Gasteiger partial charge is 0.492 e. The molecule has 1 aromatic rings. The Morgan fingerprint density at radius 3 is 2.71 bits per heavy atom. The minimum atomic E-state index is 0.521. The van der Waals surface area contributed by atoms with Crippen molar-refractivity contribution in [1.82, 2.24) is 0 Å². The first-order valence-electron chi connectivity index (χ1n) is 5.35. The molecule has 4 heteroatoms. The summed E-state index contributed by atoms with van der Waals surface area (Å²) in [6.07, 6.45) is 2.03. The first kappa shape index (κ1) is 14.4. The van der Waals surface area contributed by atoms with Crippen molar-refractivity contribution in [2.75, 3.05) is 19.6 Å². The lowest BCUT2D eigenvalue weighted by Crippen LogP contribution is -1.96. The Balaban J connectivity index is 3.19. The Kier molecular flexibility index (Phi) is 5.86. The van der Waals surface area contributed by atoms with Gasteiger partial charge in [-0.15, -0.1) is 11.6 Å². The smallest absolute Gasteiger partial charge is 0.174 e. The van der Waals surface area contributed by atoms with E-state index >= 15 is 0 Å². The van der Waals surface area contributed by atoms with Crippen LogP contribution in [0.25, 0.3) is 6.08 Å². The Hall–Kier alpha value is -0.670. The second-order valence-corrected chi connectivity index (χ2v) is 4.71. The maximum absolute atomic E-state index is 5.77. The second kappa shape index (κ2) is 6.92. The van der Waals surface area contributed by atoms with E-state index in [2.05, 4.69) is 15.9 Å². The van der Waals surface area contributed by atoms with Crippen LogP contribution in [0, 0.1) is 0 Å². The van der Waals surface area contributed by atoms with Gasteiger partial charge in [0.05, 0.1) is 18.2 Å². The summed E-state index contributed by atoms with van der Waals surface area (Å²) in [4.78, 5) is 0. The summed E-state index contributed by atoms with van der Waals surface area (Å²) >= 11 is 9.24. The minimum Gasteiger partial charge on any atom is -0.492 e. The SMILES string of the molecule is CCOc1cc(C=C(C)CCl)cc(Br)c1OC. The van der Waals surface area contributed by atoms with Crippen LogP contribution in [0.4, 0.5) is 0 Å². The molecular weight excluding hydrogens is 303 g/mol. The predicted octanol–water partition coefficient (Wildman–Crippen LogP) is 4.50. The van der Waals surface area contributed by atoms with Crippen LogP contribution in [0.2, 0.25) is 0 Å². The molecule has 0 saturated carbocycles. The standard InChI is InChI=1S/C13H16BrClO2/c1-4-17-12-7-10(5-9(2)8-15)6-11(14)13(12)16-3/h5-7H,4,8H2,1-3H3. The van der Waals surface area contributed by atoms with E-state index in [4.69, 9.17) is 21.1 Å². The molecule has 0 amide bonds. The molecule has 0 heterocycles. The van der Waals surface area contributed by atoms with E-state index in [1.54, 1.807) is 7.11 Å². The normalized spacial score (nSPS) is 11.5. The first-order valence-corrected chi connectivity index (χ1v) is 6.68. The summed E-state index contributed by atoms with van der Waals surface area (Å²) < 4.78 is 11.7. The monoisotopic (exact) mass is 318 g/mol. The lowest BCUT2D eigenvalue weighted by atomic mass is 10.1. The third kappa shape index (κ3) is 3.93. The van der Waals surface area contributed by atoms with Crippen LogP contribution in [0.3, 0.4) is 0 Å². The van der Waals surface area contributed by atoms with E-state index in [1.165, 1.54) is 0 Å². The highest BCUT2D eigenvalue weighted by Gasteiger charge is 2.10. The van der Waals surface area contributed by atoms with Gasteiger partial charge in [-0.2, -0.15) is 0 Å². The van der Waals surface area contributed by atoms with Crippen LogP contribution < -0.4 is 9.47 Å². The van der Waals surface area contributed by atoms with Gasteiger partial charge in [-0.1, -0.05) is 11.6 Å². The van der Waals surface area contributed by atoms with Crippen molar-refractivity contribution in [3.63, 3.8) is 0 Å². The van der Waals surface area contributed by atoms with Gasteiger partial charge in [-0.3, -0.25) is 0 Å². The van der Waals surface area contributed by atoms with Crippen molar-refractivity contribution in [1.29, 1.82) is 0 Å². The third-order valence-electron chi connectivity index (χ3n) is 2.16. The topological polar surface area (TPSA) is 18.5 Å². The predicted molar refractivity (Wildman–Crippen MR) is 76.2 cm³/mol. The zero-order valence-corrected chi connectivity index (χ0v) is 12.6. The van der Waals surface area contributed by atoms with Crippen LogP contribution in [0.5, 0.6) is 11.5 Å². The number of rotatable bonds is 5. The summed E-state index contributed by atoms with van der Waals surface area (Å²) in [5.74, 6) is 1.97. The van der Waals surface area contributed by atoms with Gasteiger partial charge < -0.3 is 9.47 Å². The van der Waals surface area contributed by atoms with Gasteiger partial charge in [-0.25, -0.2) is 0 Å². The minimum absolute atomic E-state index is 0.521. The van der Waals surface area contributed by atoms with Crippen LogP contribution in [-0.4, -0.2) is 19.6 Å². The number of hydrogen-bond donors (Lipinski definition) is 0. The number of allylic oxidation sites excluding steroid dienone is 1. The van der Waals surface area contributed by atoms with E-state index < -0.39 is 0 Å². The number of alkyl halides is 1. The molecule has 1 rings (SSSR count). The molecule has 0 saturated heterocycles. The van der Waals surface area contributed by atoms with Crippen LogP contribution in [-0.2, 0) is 0 Å².